The van der Waals surface area contributed by atoms with Gasteiger partial charge in [0, 0.05) is 18.5 Å². The predicted molar refractivity (Wildman–Crippen MR) is 101 cm³/mol. The largest absolute Gasteiger partial charge is 0.497 e. The molecule has 0 atom stereocenters. The van der Waals surface area contributed by atoms with Gasteiger partial charge in [-0.15, -0.1) is 0 Å². The number of nitrogens with one attached hydrogen (secondary N) is 1. The molecule has 1 amide bonds. The lowest BCUT2D eigenvalue weighted by atomic mass is 10.1. The number of anilines is 1. The Bertz CT molecular complexity index is 1040. The first-order valence-electron chi connectivity index (χ1n) is 8.50. The molecule has 30 heavy (non-hydrogen) atoms. The molecule has 0 saturated carbocycles. The van der Waals surface area contributed by atoms with Crippen molar-refractivity contribution in [2.75, 3.05) is 19.5 Å². The number of amides is 1. The van der Waals surface area contributed by atoms with Gasteiger partial charge in [-0.1, -0.05) is 0 Å². The Labute approximate surface area is 169 Å². The third-order valence-corrected chi connectivity index (χ3v) is 3.92. The molecular formula is C20H16F3N3O4. The molecule has 0 saturated heterocycles. The number of hydrogen-bond acceptors (Lipinski definition) is 6. The van der Waals surface area contributed by atoms with E-state index in [1.807, 2.05) is 0 Å². The van der Waals surface area contributed by atoms with Crippen molar-refractivity contribution in [3.8, 4) is 23.1 Å². The highest BCUT2D eigenvalue weighted by Gasteiger charge is 2.33. The van der Waals surface area contributed by atoms with Crippen molar-refractivity contribution in [1.29, 1.82) is 0 Å². The number of benzene rings is 1. The number of nitrogens with zero attached hydrogens (tertiary/aromatic N) is 2. The number of rotatable bonds is 6. The second-order valence-electron chi connectivity index (χ2n) is 5.89. The number of ether oxygens (including phenoxy) is 3. The number of carbonyl (C=O) groups excluding carboxylic acids is 1. The molecule has 2 aromatic heterocycles. The normalized spacial score (nSPS) is 11.0. The van der Waals surface area contributed by atoms with Crippen LogP contribution in [-0.2, 0) is 6.18 Å². The Morgan fingerprint density at radius 3 is 2.47 bits per heavy atom. The maximum Gasteiger partial charge on any atom is 0.417 e. The molecule has 0 radical (unpaired) electrons. The van der Waals surface area contributed by atoms with Crippen molar-refractivity contribution in [2.45, 2.75) is 6.18 Å². The van der Waals surface area contributed by atoms with Crippen LogP contribution in [0, 0.1) is 0 Å². The summed E-state index contributed by atoms with van der Waals surface area (Å²) in [5.74, 6) is -0.304. The minimum atomic E-state index is -4.69. The first kappa shape index (κ1) is 20.9. The van der Waals surface area contributed by atoms with Gasteiger partial charge >= 0.3 is 6.18 Å². The van der Waals surface area contributed by atoms with E-state index in [1.165, 1.54) is 38.7 Å². The van der Waals surface area contributed by atoms with Crippen LogP contribution in [0.25, 0.3) is 0 Å². The standard InChI is InChI=1S/C20H16F3N3O4/c1-28-14-5-6-16(17(9-14)29-2)30-19-15(8-12(10-25-19)20(21,22)23)18(27)26-13-4-3-7-24-11-13/h3-11H,1-2H3,(H,26,27). The van der Waals surface area contributed by atoms with Crippen LogP contribution in [0.4, 0.5) is 18.9 Å². The second kappa shape index (κ2) is 8.68. The Hall–Kier alpha value is -3.82. The molecule has 3 rings (SSSR count). The summed E-state index contributed by atoms with van der Waals surface area (Å²) < 4.78 is 55.4. The molecule has 0 aliphatic heterocycles. The van der Waals surface area contributed by atoms with Gasteiger partial charge in [0.25, 0.3) is 5.91 Å². The SMILES string of the molecule is COc1ccc(Oc2ncc(C(F)(F)F)cc2C(=O)Nc2cccnc2)c(OC)c1. The Morgan fingerprint density at radius 2 is 1.83 bits per heavy atom. The molecule has 1 N–H and O–H groups in total. The van der Waals surface area contributed by atoms with Crippen molar-refractivity contribution < 1.29 is 32.2 Å². The van der Waals surface area contributed by atoms with E-state index in [0.29, 0.717) is 23.7 Å². The lowest BCUT2D eigenvalue weighted by Gasteiger charge is -2.15. The topological polar surface area (TPSA) is 82.6 Å². The van der Waals surface area contributed by atoms with Crippen molar-refractivity contribution >= 4 is 11.6 Å². The fourth-order valence-electron chi connectivity index (χ4n) is 2.45. The molecule has 0 spiro atoms. The number of carbonyl (C=O) groups is 1. The summed E-state index contributed by atoms with van der Waals surface area (Å²) in [4.78, 5) is 20.2. The zero-order chi connectivity index (χ0) is 21.7. The number of hydrogen-bond donors (Lipinski definition) is 1. The van der Waals surface area contributed by atoms with Crippen molar-refractivity contribution in [3.05, 3.63) is 66.1 Å². The molecule has 156 valence electrons. The minimum absolute atomic E-state index is 0.140. The van der Waals surface area contributed by atoms with Crippen molar-refractivity contribution in [1.82, 2.24) is 9.97 Å². The highest BCUT2D eigenvalue weighted by atomic mass is 19.4. The van der Waals surface area contributed by atoms with E-state index in [-0.39, 0.29) is 17.4 Å². The van der Waals surface area contributed by atoms with E-state index in [9.17, 15) is 18.0 Å². The smallest absolute Gasteiger partial charge is 0.417 e. The first-order chi connectivity index (χ1) is 14.3. The number of methoxy groups -OCH3 is 2. The van der Waals surface area contributed by atoms with E-state index < -0.39 is 23.2 Å². The zero-order valence-corrected chi connectivity index (χ0v) is 15.9. The van der Waals surface area contributed by atoms with Gasteiger partial charge in [0.2, 0.25) is 5.88 Å². The summed E-state index contributed by atoms with van der Waals surface area (Å²) in [6, 6.07) is 8.36. The van der Waals surface area contributed by atoms with Gasteiger partial charge in [-0.05, 0) is 30.3 Å². The third-order valence-electron chi connectivity index (χ3n) is 3.92. The van der Waals surface area contributed by atoms with Gasteiger partial charge in [-0.25, -0.2) is 4.98 Å². The van der Waals surface area contributed by atoms with Crippen LogP contribution in [0.15, 0.2) is 55.0 Å². The van der Waals surface area contributed by atoms with Crippen LogP contribution >= 0.6 is 0 Å². The van der Waals surface area contributed by atoms with Gasteiger partial charge in [0.1, 0.15) is 11.3 Å². The molecule has 0 bridgehead atoms. The summed E-state index contributed by atoms with van der Waals surface area (Å²) in [6.07, 6.45) is -1.25. The summed E-state index contributed by atoms with van der Waals surface area (Å²) in [5, 5.41) is 2.47. The Balaban J connectivity index is 2.00. The molecular weight excluding hydrogens is 403 g/mol. The fraction of sp³-hybridized carbons (Fsp3) is 0.150. The van der Waals surface area contributed by atoms with Crippen LogP contribution < -0.4 is 19.5 Å². The number of pyridine rings is 2. The van der Waals surface area contributed by atoms with E-state index in [2.05, 4.69) is 15.3 Å². The van der Waals surface area contributed by atoms with Crippen LogP contribution in [-0.4, -0.2) is 30.1 Å². The van der Waals surface area contributed by atoms with E-state index in [0.717, 1.165) is 0 Å². The second-order valence-corrected chi connectivity index (χ2v) is 5.89. The summed E-state index contributed by atoms with van der Waals surface area (Å²) >= 11 is 0. The molecule has 0 aliphatic carbocycles. The van der Waals surface area contributed by atoms with Crippen molar-refractivity contribution in [3.63, 3.8) is 0 Å². The molecule has 0 aliphatic rings. The Kier molecular flexibility index (Phi) is 6.05. The number of alkyl halides is 3. The number of aromatic nitrogens is 2. The molecule has 2 heterocycles. The fourth-order valence-corrected chi connectivity index (χ4v) is 2.45. The van der Waals surface area contributed by atoms with Gasteiger partial charge in [0.05, 0.1) is 31.7 Å². The van der Waals surface area contributed by atoms with E-state index in [4.69, 9.17) is 14.2 Å². The molecule has 1 aromatic carbocycles. The molecule has 3 aromatic rings. The molecule has 0 unspecified atom stereocenters. The van der Waals surface area contributed by atoms with Crippen LogP contribution in [0.3, 0.4) is 0 Å². The molecule has 0 fully saturated rings. The molecule has 10 heteroatoms. The highest BCUT2D eigenvalue weighted by Crippen LogP contribution is 2.37. The van der Waals surface area contributed by atoms with Gasteiger partial charge in [0.15, 0.2) is 11.5 Å². The average molecular weight is 419 g/mol. The van der Waals surface area contributed by atoms with Crippen molar-refractivity contribution in [2.24, 2.45) is 0 Å². The number of halogens is 3. The highest BCUT2D eigenvalue weighted by molar-refractivity contribution is 6.06. The minimum Gasteiger partial charge on any atom is -0.497 e. The summed E-state index contributed by atoms with van der Waals surface area (Å²) in [5.41, 5.74) is -1.20. The quantitative estimate of drug-likeness (QED) is 0.631. The van der Waals surface area contributed by atoms with E-state index >= 15 is 0 Å². The average Bonchev–Trinajstić information content (AvgIpc) is 2.74. The Morgan fingerprint density at radius 1 is 1.03 bits per heavy atom. The van der Waals surface area contributed by atoms with Gasteiger partial charge in [-0.2, -0.15) is 13.2 Å². The van der Waals surface area contributed by atoms with Gasteiger partial charge < -0.3 is 19.5 Å². The lowest BCUT2D eigenvalue weighted by Crippen LogP contribution is -2.16. The lowest BCUT2D eigenvalue weighted by molar-refractivity contribution is -0.137. The monoisotopic (exact) mass is 419 g/mol. The summed E-state index contributed by atoms with van der Waals surface area (Å²) in [6.45, 7) is 0. The predicted octanol–water partition coefficient (Wildman–Crippen LogP) is 4.56. The van der Waals surface area contributed by atoms with E-state index in [1.54, 1.807) is 18.2 Å². The maximum atomic E-state index is 13.2. The maximum absolute atomic E-state index is 13.2. The van der Waals surface area contributed by atoms with Crippen LogP contribution in [0.1, 0.15) is 15.9 Å². The third kappa shape index (κ3) is 4.77. The summed E-state index contributed by atoms with van der Waals surface area (Å²) in [7, 11) is 2.85. The van der Waals surface area contributed by atoms with Gasteiger partial charge in [-0.3, -0.25) is 9.78 Å². The zero-order valence-electron chi connectivity index (χ0n) is 15.9. The van der Waals surface area contributed by atoms with Crippen LogP contribution in [0.5, 0.6) is 23.1 Å². The molecule has 7 nitrogen and oxygen atoms in total. The van der Waals surface area contributed by atoms with Crippen LogP contribution in [0.2, 0.25) is 0 Å². The first-order valence-corrected chi connectivity index (χ1v) is 8.50.